The number of fused-ring (bicyclic) bond motifs is 5. The van der Waals surface area contributed by atoms with Crippen molar-refractivity contribution in [3.05, 3.63) is 169 Å². The molecule has 0 fully saturated rings. The van der Waals surface area contributed by atoms with Crippen molar-refractivity contribution in [2.45, 2.75) is 19.3 Å². The van der Waals surface area contributed by atoms with Crippen LogP contribution in [0.4, 0.5) is 0 Å². The molecule has 220 valence electrons. The van der Waals surface area contributed by atoms with Gasteiger partial charge in [-0.1, -0.05) is 166 Å². The van der Waals surface area contributed by atoms with E-state index in [2.05, 4.69) is 172 Å². The fourth-order valence-corrected chi connectivity index (χ4v) is 8.54. The summed E-state index contributed by atoms with van der Waals surface area (Å²) in [6.45, 7) is 4.77. The highest BCUT2D eigenvalue weighted by Gasteiger charge is 2.37. The van der Waals surface area contributed by atoms with Gasteiger partial charge in [0.05, 0.1) is 0 Å². The lowest BCUT2D eigenvalue weighted by atomic mass is 9.79. The van der Waals surface area contributed by atoms with Crippen molar-refractivity contribution in [1.29, 1.82) is 0 Å². The molecular weight excluding hydrogens is 565 g/mol. The topological polar surface area (TPSA) is 0 Å². The fraction of sp³-hybridized carbons (Fsp3) is 0.0638. The summed E-state index contributed by atoms with van der Waals surface area (Å²) >= 11 is 0. The largest absolute Gasteiger partial charge is 0.0622 e. The number of hydrogen-bond donors (Lipinski definition) is 0. The van der Waals surface area contributed by atoms with E-state index >= 15 is 0 Å². The predicted molar refractivity (Wildman–Crippen MR) is 202 cm³/mol. The Morgan fingerprint density at radius 1 is 0.340 bits per heavy atom. The van der Waals surface area contributed by atoms with Gasteiger partial charge in [0.1, 0.15) is 0 Å². The van der Waals surface area contributed by atoms with Gasteiger partial charge in [-0.3, -0.25) is 0 Å². The molecule has 0 amide bonds. The number of benzene rings is 9. The highest BCUT2D eigenvalue weighted by atomic mass is 14.4. The second-order valence-corrected chi connectivity index (χ2v) is 13.7. The minimum Gasteiger partial charge on any atom is -0.0622 e. The Labute approximate surface area is 274 Å². The van der Waals surface area contributed by atoms with Crippen molar-refractivity contribution in [2.75, 3.05) is 0 Å². The van der Waals surface area contributed by atoms with E-state index in [1.165, 1.54) is 98.7 Å². The summed E-state index contributed by atoms with van der Waals surface area (Å²) < 4.78 is 0. The Bertz CT molecular complexity index is 2670. The molecule has 0 aromatic heterocycles. The van der Waals surface area contributed by atoms with E-state index in [-0.39, 0.29) is 5.41 Å². The maximum atomic E-state index is 2.43. The van der Waals surface area contributed by atoms with E-state index in [9.17, 15) is 0 Å². The van der Waals surface area contributed by atoms with Crippen LogP contribution < -0.4 is 0 Å². The molecule has 0 heterocycles. The van der Waals surface area contributed by atoms with Crippen molar-refractivity contribution in [1.82, 2.24) is 0 Å². The normalized spacial score (nSPS) is 13.5. The molecule has 0 radical (unpaired) electrons. The van der Waals surface area contributed by atoms with Crippen LogP contribution in [0, 0.1) is 0 Å². The molecule has 0 heteroatoms. The summed E-state index contributed by atoms with van der Waals surface area (Å²) in [4.78, 5) is 0. The van der Waals surface area contributed by atoms with Crippen molar-refractivity contribution in [2.24, 2.45) is 0 Å². The van der Waals surface area contributed by atoms with Crippen molar-refractivity contribution in [3.63, 3.8) is 0 Å². The molecule has 47 heavy (non-hydrogen) atoms. The maximum Gasteiger partial charge on any atom is 0.0165 e. The van der Waals surface area contributed by atoms with E-state index in [1.807, 2.05) is 0 Å². The van der Waals surface area contributed by atoms with E-state index in [4.69, 9.17) is 0 Å². The zero-order valence-corrected chi connectivity index (χ0v) is 26.5. The SMILES string of the molecule is CC1(C)c2cc(-c3ccc(-c4ccc5ccc6c(-c7ccccc7)ccc7ccc4c5c76)cc3)ccc2-c2ccc3ccccc3c21. The zero-order chi connectivity index (χ0) is 31.3. The van der Waals surface area contributed by atoms with Crippen LogP contribution in [0.5, 0.6) is 0 Å². The smallest absolute Gasteiger partial charge is 0.0165 e. The number of hydrogen-bond acceptors (Lipinski definition) is 0. The second-order valence-electron chi connectivity index (χ2n) is 13.7. The van der Waals surface area contributed by atoms with Crippen LogP contribution in [-0.4, -0.2) is 0 Å². The average molecular weight is 597 g/mol. The van der Waals surface area contributed by atoms with E-state index in [0.29, 0.717) is 0 Å². The van der Waals surface area contributed by atoms with Crippen molar-refractivity contribution < 1.29 is 0 Å². The molecular formula is C47H32. The molecule has 9 aromatic rings. The molecule has 0 spiro atoms. The monoisotopic (exact) mass is 596 g/mol. The molecule has 0 bridgehead atoms. The lowest BCUT2D eigenvalue weighted by Crippen LogP contribution is -2.15. The lowest BCUT2D eigenvalue weighted by molar-refractivity contribution is 0.666. The third-order valence-electron chi connectivity index (χ3n) is 10.8. The van der Waals surface area contributed by atoms with Gasteiger partial charge in [0.25, 0.3) is 0 Å². The van der Waals surface area contributed by atoms with Crippen LogP contribution in [-0.2, 0) is 5.41 Å². The summed E-state index contributed by atoms with van der Waals surface area (Å²) in [5.41, 5.74) is 13.1. The molecule has 0 nitrogen and oxygen atoms in total. The van der Waals surface area contributed by atoms with Crippen LogP contribution in [0.3, 0.4) is 0 Å². The minimum atomic E-state index is -0.0659. The Morgan fingerprint density at radius 2 is 0.851 bits per heavy atom. The van der Waals surface area contributed by atoms with Gasteiger partial charge in [-0.2, -0.15) is 0 Å². The summed E-state index contributed by atoms with van der Waals surface area (Å²) in [6.07, 6.45) is 0. The third kappa shape index (κ3) is 3.76. The Morgan fingerprint density at radius 3 is 1.55 bits per heavy atom. The first-order valence-electron chi connectivity index (χ1n) is 16.6. The van der Waals surface area contributed by atoms with Gasteiger partial charge in [-0.15, -0.1) is 0 Å². The Hall–Kier alpha value is -5.72. The quantitative estimate of drug-likeness (QED) is 0.178. The van der Waals surface area contributed by atoms with Crippen LogP contribution in [0.25, 0.3) is 87.6 Å². The van der Waals surface area contributed by atoms with Gasteiger partial charge in [-0.05, 0) is 105 Å². The van der Waals surface area contributed by atoms with Crippen LogP contribution >= 0.6 is 0 Å². The van der Waals surface area contributed by atoms with E-state index in [1.54, 1.807) is 0 Å². The predicted octanol–water partition coefficient (Wildman–Crippen LogP) is 13.0. The third-order valence-corrected chi connectivity index (χ3v) is 10.8. The van der Waals surface area contributed by atoms with Gasteiger partial charge >= 0.3 is 0 Å². The van der Waals surface area contributed by atoms with Gasteiger partial charge in [-0.25, -0.2) is 0 Å². The van der Waals surface area contributed by atoms with Gasteiger partial charge in [0.15, 0.2) is 0 Å². The second kappa shape index (κ2) is 9.64. The zero-order valence-electron chi connectivity index (χ0n) is 26.5. The molecule has 0 unspecified atom stereocenters. The first-order valence-corrected chi connectivity index (χ1v) is 16.6. The van der Waals surface area contributed by atoms with Gasteiger partial charge < -0.3 is 0 Å². The van der Waals surface area contributed by atoms with E-state index in [0.717, 1.165) is 0 Å². The van der Waals surface area contributed by atoms with Crippen molar-refractivity contribution >= 4 is 43.1 Å². The minimum absolute atomic E-state index is 0.0659. The van der Waals surface area contributed by atoms with Crippen LogP contribution in [0.15, 0.2) is 158 Å². The molecule has 0 atom stereocenters. The van der Waals surface area contributed by atoms with Gasteiger partial charge in [0.2, 0.25) is 0 Å². The summed E-state index contributed by atoms with van der Waals surface area (Å²) in [6, 6.07) is 58.8. The van der Waals surface area contributed by atoms with Crippen LogP contribution in [0.2, 0.25) is 0 Å². The molecule has 0 saturated heterocycles. The molecule has 0 saturated carbocycles. The van der Waals surface area contributed by atoms with Gasteiger partial charge in [0, 0.05) is 5.41 Å². The molecule has 1 aliphatic carbocycles. The Kier molecular flexibility index (Phi) is 5.44. The fourth-order valence-electron chi connectivity index (χ4n) is 8.54. The summed E-state index contributed by atoms with van der Waals surface area (Å²) in [7, 11) is 0. The highest BCUT2D eigenvalue weighted by Crippen LogP contribution is 2.52. The molecule has 10 rings (SSSR count). The standard InChI is InChI=1S/C47H32/c1-47(2)43-28-35(21-24-39(43)42-27-16-31-10-6-7-11-38(31)46(42)47)29-12-14-32(15-13-29)37-23-18-34-19-25-40-36(30-8-4-3-5-9-30)22-17-33-20-26-41(37)45(34)44(33)40/h3-28H,1-2H3. The maximum absolute atomic E-state index is 2.43. The molecule has 0 N–H and O–H groups in total. The van der Waals surface area contributed by atoms with E-state index < -0.39 is 0 Å². The summed E-state index contributed by atoms with van der Waals surface area (Å²) in [5.74, 6) is 0. The highest BCUT2D eigenvalue weighted by molar-refractivity contribution is 6.27. The lowest BCUT2D eigenvalue weighted by Gasteiger charge is -2.23. The first-order chi connectivity index (χ1) is 23.1. The molecule has 0 aliphatic heterocycles. The first kappa shape index (κ1) is 26.5. The molecule has 9 aromatic carbocycles. The molecule has 1 aliphatic rings. The summed E-state index contributed by atoms with van der Waals surface area (Å²) in [5, 5.41) is 10.6. The Balaban J connectivity index is 1.07. The average Bonchev–Trinajstić information content (AvgIpc) is 3.36. The van der Waals surface area contributed by atoms with Crippen molar-refractivity contribution in [3.8, 4) is 44.5 Å². The van der Waals surface area contributed by atoms with Crippen LogP contribution in [0.1, 0.15) is 25.0 Å². The number of rotatable bonds is 3.